The fourth-order valence-electron chi connectivity index (χ4n) is 0.979. The Morgan fingerprint density at radius 3 is 2.64 bits per heavy atom. The topological polar surface area (TPSA) is 29.1 Å². The average molecular weight is 254 g/mol. The summed E-state index contributed by atoms with van der Waals surface area (Å²) < 4.78 is 1.03. The van der Waals surface area contributed by atoms with Crippen LogP contribution in [0.1, 0.15) is 12.5 Å². The van der Waals surface area contributed by atoms with Gasteiger partial charge < -0.3 is 5.32 Å². The molecule has 1 N–H and O–H groups in total. The summed E-state index contributed by atoms with van der Waals surface area (Å²) >= 11 is 3.35. The van der Waals surface area contributed by atoms with Crippen molar-refractivity contribution in [2.75, 3.05) is 6.54 Å². The van der Waals surface area contributed by atoms with Gasteiger partial charge in [-0.3, -0.25) is 4.79 Å². The number of halogens is 1. The molecule has 0 saturated carbocycles. The number of hydrogen-bond acceptors (Lipinski definition) is 1. The van der Waals surface area contributed by atoms with Gasteiger partial charge in [-0.2, -0.15) is 0 Å². The molecule has 0 bridgehead atoms. The van der Waals surface area contributed by atoms with Crippen LogP contribution in [0, 0.1) is 0 Å². The maximum atomic E-state index is 11.1. The van der Waals surface area contributed by atoms with E-state index in [9.17, 15) is 4.79 Å². The van der Waals surface area contributed by atoms with Crippen LogP contribution in [-0.2, 0) is 4.79 Å². The highest BCUT2D eigenvalue weighted by atomic mass is 79.9. The third-order valence-electron chi connectivity index (χ3n) is 1.65. The molecule has 1 rings (SSSR count). The number of carbonyl (C=O) groups excluding carboxylic acids is 1. The average Bonchev–Trinajstić information content (AvgIpc) is 2.17. The number of rotatable bonds is 3. The second-order valence-electron chi connectivity index (χ2n) is 2.78. The first kappa shape index (κ1) is 11.0. The van der Waals surface area contributed by atoms with E-state index >= 15 is 0 Å². The molecule has 0 unspecified atom stereocenters. The molecule has 1 amide bonds. The fourth-order valence-corrected chi connectivity index (χ4v) is 1.24. The number of carbonyl (C=O) groups is 1. The Labute approximate surface area is 92.1 Å². The lowest BCUT2D eigenvalue weighted by Gasteiger charge is -1.95. The maximum absolute atomic E-state index is 11.1. The van der Waals surface area contributed by atoms with Crippen molar-refractivity contribution in [1.82, 2.24) is 5.32 Å². The van der Waals surface area contributed by atoms with Gasteiger partial charge in [-0.15, -0.1) is 0 Å². The predicted molar refractivity (Wildman–Crippen MR) is 61.9 cm³/mol. The zero-order valence-corrected chi connectivity index (χ0v) is 9.54. The number of likely N-dealkylation sites (N-methyl/N-ethyl adjacent to an activating group) is 1. The van der Waals surface area contributed by atoms with E-state index in [0.29, 0.717) is 6.54 Å². The molecular formula is C11H12BrNO. The van der Waals surface area contributed by atoms with Gasteiger partial charge in [-0.25, -0.2) is 0 Å². The van der Waals surface area contributed by atoms with Gasteiger partial charge in [0.15, 0.2) is 0 Å². The third-order valence-corrected chi connectivity index (χ3v) is 2.18. The van der Waals surface area contributed by atoms with E-state index in [-0.39, 0.29) is 5.91 Å². The van der Waals surface area contributed by atoms with Crippen molar-refractivity contribution in [1.29, 1.82) is 0 Å². The Morgan fingerprint density at radius 1 is 1.43 bits per heavy atom. The molecule has 0 spiro atoms. The van der Waals surface area contributed by atoms with Gasteiger partial charge in [-0.05, 0) is 30.7 Å². The summed E-state index contributed by atoms with van der Waals surface area (Å²) in [5.74, 6) is -0.0598. The number of benzene rings is 1. The summed E-state index contributed by atoms with van der Waals surface area (Å²) in [6.45, 7) is 2.55. The lowest BCUT2D eigenvalue weighted by Crippen LogP contribution is -2.19. The van der Waals surface area contributed by atoms with E-state index in [2.05, 4.69) is 21.2 Å². The van der Waals surface area contributed by atoms with Crippen molar-refractivity contribution < 1.29 is 4.79 Å². The monoisotopic (exact) mass is 253 g/mol. The SMILES string of the molecule is CCNC(=O)/C=C/c1ccc(Br)cc1. The Morgan fingerprint density at radius 2 is 2.07 bits per heavy atom. The van der Waals surface area contributed by atoms with Crippen LogP contribution in [-0.4, -0.2) is 12.5 Å². The van der Waals surface area contributed by atoms with Crippen molar-refractivity contribution in [3.63, 3.8) is 0 Å². The molecule has 0 aliphatic carbocycles. The summed E-state index contributed by atoms with van der Waals surface area (Å²) in [4.78, 5) is 11.1. The minimum atomic E-state index is -0.0598. The summed E-state index contributed by atoms with van der Waals surface area (Å²) in [5.41, 5.74) is 1.01. The van der Waals surface area contributed by atoms with E-state index in [4.69, 9.17) is 0 Å². The highest BCUT2D eigenvalue weighted by molar-refractivity contribution is 9.10. The molecule has 0 atom stereocenters. The second kappa shape index (κ2) is 5.60. The van der Waals surface area contributed by atoms with Crippen LogP contribution in [0.4, 0.5) is 0 Å². The zero-order chi connectivity index (χ0) is 10.4. The molecule has 2 nitrogen and oxygen atoms in total. The number of amides is 1. The van der Waals surface area contributed by atoms with E-state index in [1.807, 2.05) is 31.2 Å². The quantitative estimate of drug-likeness (QED) is 0.825. The number of nitrogens with one attached hydrogen (secondary N) is 1. The molecule has 0 saturated heterocycles. The lowest BCUT2D eigenvalue weighted by molar-refractivity contribution is -0.116. The first-order valence-electron chi connectivity index (χ1n) is 4.44. The molecule has 14 heavy (non-hydrogen) atoms. The van der Waals surface area contributed by atoms with Crippen LogP contribution in [0.5, 0.6) is 0 Å². The van der Waals surface area contributed by atoms with Gasteiger partial charge in [0, 0.05) is 17.1 Å². The predicted octanol–water partition coefficient (Wildman–Crippen LogP) is 2.60. The molecule has 1 aromatic rings. The molecule has 1 aromatic carbocycles. The summed E-state index contributed by atoms with van der Waals surface area (Å²) in [6, 6.07) is 7.77. The van der Waals surface area contributed by atoms with E-state index < -0.39 is 0 Å². The molecule has 0 aliphatic rings. The standard InChI is InChI=1S/C11H12BrNO/c1-2-13-11(14)8-5-9-3-6-10(12)7-4-9/h3-8H,2H2,1H3,(H,13,14)/b8-5+. The van der Waals surface area contributed by atoms with Crippen LogP contribution in [0.15, 0.2) is 34.8 Å². The molecule has 3 heteroatoms. The Bertz CT molecular complexity index is 330. The van der Waals surface area contributed by atoms with Crippen molar-refractivity contribution in [2.24, 2.45) is 0 Å². The molecule has 74 valence electrons. The first-order chi connectivity index (χ1) is 6.72. The van der Waals surface area contributed by atoms with Crippen LogP contribution in [0.2, 0.25) is 0 Å². The molecule has 0 aliphatic heterocycles. The van der Waals surface area contributed by atoms with Gasteiger partial charge in [0.2, 0.25) is 5.91 Å². The van der Waals surface area contributed by atoms with Crippen molar-refractivity contribution in [3.8, 4) is 0 Å². The Kier molecular flexibility index (Phi) is 4.40. The summed E-state index contributed by atoms with van der Waals surface area (Å²) in [7, 11) is 0. The second-order valence-corrected chi connectivity index (χ2v) is 3.70. The van der Waals surface area contributed by atoms with Crippen LogP contribution >= 0.6 is 15.9 Å². The molecule has 0 radical (unpaired) electrons. The first-order valence-corrected chi connectivity index (χ1v) is 5.23. The van der Waals surface area contributed by atoms with E-state index in [1.165, 1.54) is 6.08 Å². The highest BCUT2D eigenvalue weighted by Crippen LogP contribution is 2.11. The van der Waals surface area contributed by atoms with Gasteiger partial charge >= 0.3 is 0 Å². The minimum Gasteiger partial charge on any atom is -0.353 e. The minimum absolute atomic E-state index is 0.0598. The summed E-state index contributed by atoms with van der Waals surface area (Å²) in [5, 5.41) is 2.69. The van der Waals surface area contributed by atoms with Crippen molar-refractivity contribution >= 4 is 27.9 Å². The van der Waals surface area contributed by atoms with Crippen LogP contribution in [0.25, 0.3) is 6.08 Å². The fraction of sp³-hybridized carbons (Fsp3) is 0.182. The van der Waals surface area contributed by atoms with Crippen molar-refractivity contribution in [3.05, 3.63) is 40.4 Å². The Balaban J connectivity index is 2.60. The normalized spacial score (nSPS) is 10.4. The summed E-state index contributed by atoms with van der Waals surface area (Å²) in [6.07, 6.45) is 3.32. The molecular weight excluding hydrogens is 242 g/mol. The van der Waals surface area contributed by atoms with Gasteiger partial charge in [0.1, 0.15) is 0 Å². The van der Waals surface area contributed by atoms with Gasteiger partial charge in [0.25, 0.3) is 0 Å². The van der Waals surface area contributed by atoms with Gasteiger partial charge in [-0.1, -0.05) is 28.1 Å². The molecule has 0 aromatic heterocycles. The maximum Gasteiger partial charge on any atom is 0.243 e. The van der Waals surface area contributed by atoms with Crippen molar-refractivity contribution in [2.45, 2.75) is 6.92 Å². The third kappa shape index (κ3) is 3.75. The largest absolute Gasteiger partial charge is 0.353 e. The lowest BCUT2D eigenvalue weighted by atomic mass is 10.2. The zero-order valence-electron chi connectivity index (χ0n) is 7.96. The van der Waals surface area contributed by atoms with E-state index in [0.717, 1.165) is 10.0 Å². The Hall–Kier alpha value is -1.09. The van der Waals surface area contributed by atoms with Gasteiger partial charge in [0.05, 0.1) is 0 Å². The molecule has 0 heterocycles. The number of hydrogen-bond donors (Lipinski definition) is 1. The smallest absolute Gasteiger partial charge is 0.243 e. The highest BCUT2D eigenvalue weighted by Gasteiger charge is 1.91. The molecule has 0 fully saturated rings. The van der Waals surface area contributed by atoms with Crippen LogP contribution < -0.4 is 5.32 Å². The van der Waals surface area contributed by atoms with E-state index in [1.54, 1.807) is 6.08 Å². The van der Waals surface area contributed by atoms with Crippen LogP contribution in [0.3, 0.4) is 0 Å².